The van der Waals surface area contributed by atoms with E-state index in [1.807, 2.05) is 21.7 Å². The van der Waals surface area contributed by atoms with Gasteiger partial charge in [0.25, 0.3) is 5.91 Å². The van der Waals surface area contributed by atoms with Gasteiger partial charge in [-0.2, -0.15) is 16.3 Å². The summed E-state index contributed by atoms with van der Waals surface area (Å²) in [6, 6.07) is 1.97. The van der Waals surface area contributed by atoms with Gasteiger partial charge in [-0.15, -0.1) is 11.3 Å². The quantitative estimate of drug-likeness (QED) is 0.592. The Kier molecular flexibility index (Phi) is 4.85. The van der Waals surface area contributed by atoms with Crippen LogP contribution in [0, 0.1) is 0 Å². The van der Waals surface area contributed by atoms with Gasteiger partial charge in [0, 0.05) is 18.7 Å². The highest BCUT2D eigenvalue weighted by Gasteiger charge is 2.25. The molecule has 4 heterocycles. The van der Waals surface area contributed by atoms with E-state index < -0.39 is 5.91 Å². The average molecular weight is 406 g/mol. The molecular formula is C17H19N5O3S2. The molecule has 1 saturated heterocycles. The number of carbonyl (C=O) groups is 1. The van der Waals surface area contributed by atoms with Gasteiger partial charge >= 0.3 is 0 Å². The first kappa shape index (κ1) is 18.0. The van der Waals surface area contributed by atoms with Crippen molar-refractivity contribution >= 4 is 50.4 Å². The second-order valence-corrected chi connectivity index (χ2v) is 8.14. The fourth-order valence-corrected chi connectivity index (χ4v) is 4.59. The van der Waals surface area contributed by atoms with Crippen LogP contribution in [0.25, 0.3) is 10.2 Å². The van der Waals surface area contributed by atoms with Gasteiger partial charge in [0.05, 0.1) is 17.2 Å². The molecule has 142 valence electrons. The number of rotatable bonds is 5. The summed E-state index contributed by atoms with van der Waals surface area (Å²) in [7, 11) is 0. The van der Waals surface area contributed by atoms with E-state index in [9.17, 15) is 9.90 Å². The molecule has 27 heavy (non-hydrogen) atoms. The van der Waals surface area contributed by atoms with Crippen LogP contribution in [0.3, 0.4) is 0 Å². The molecular weight excluding hydrogens is 386 g/mol. The van der Waals surface area contributed by atoms with Crippen LogP contribution >= 0.6 is 22.7 Å². The number of nitrogens with zero attached hydrogens (tertiary/aromatic N) is 3. The highest BCUT2D eigenvalue weighted by molar-refractivity contribution is 7.21. The summed E-state index contributed by atoms with van der Waals surface area (Å²) < 4.78 is 5.94. The normalized spacial score (nSPS) is 15.4. The van der Waals surface area contributed by atoms with Crippen LogP contribution < -0.4 is 21.1 Å². The predicted octanol–water partition coefficient (Wildman–Crippen LogP) is 1.97. The van der Waals surface area contributed by atoms with E-state index in [4.69, 9.17) is 16.2 Å². The standard InChI is InChI=1S/C17H19N5O3S2/c18-12-11-15(25-7-9-3-6-26-8-9)20-17(22-4-1-10(23)2-5-22)21-16(11)27-13(12)14(19)24/h3,6,8,10,23H,1-2,4-5,7,18H2,(H2,19,24). The van der Waals surface area contributed by atoms with Crippen molar-refractivity contribution in [3.8, 4) is 5.88 Å². The Hall–Kier alpha value is -2.43. The minimum absolute atomic E-state index is 0.253. The molecule has 8 nitrogen and oxygen atoms in total. The number of piperidine rings is 1. The van der Waals surface area contributed by atoms with Crippen LogP contribution in [0.4, 0.5) is 11.6 Å². The third-order valence-corrected chi connectivity index (χ3v) is 6.32. The second-order valence-electron chi connectivity index (χ2n) is 6.36. The lowest BCUT2D eigenvalue weighted by Crippen LogP contribution is -2.36. The van der Waals surface area contributed by atoms with Crippen molar-refractivity contribution in [3.63, 3.8) is 0 Å². The molecule has 1 aliphatic heterocycles. The molecule has 0 bridgehead atoms. The van der Waals surface area contributed by atoms with E-state index in [1.54, 1.807) is 11.3 Å². The number of aliphatic hydroxyl groups is 1. The SMILES string of the molecule is NC(=O)c1sc2nc(N3CCC(O)CC3)nc(OCc3ccsc3)c2c1N. The second kappa shape index (κ2) is 7.29. The maximum absolute atomic E-state index is 11.7. The van der Waals surface area contributed by atoms with Gasteiger partial charge in [-0.3, -0.25) is 4.79 Å². The molecule has 0 aromatic carbocycles. The molecule has 0 spiro atoms. The molecule has 1 aliphatic rings. The maximum atomic E-state index is 11.7. The number of primary amides is 1. The van der Waals surface area contributed by atoms with E-state index in [-0.39, 0.29) is 16.7 Å². The first-order valence-corrected chi connectivity index (χ1v) is 10.3. The van der Waals surface area contributed by atoms with E-state index >= 15 is 0 Å². The fourth-order valence-electron chi connectivity index (χ4n) is 3.00. The smallest absolute Gasteiger partial charge is 0.260 e. The summed E-state index contributed by atoms with van der Waals surface area (Å²) in [4.78, 5) is 23.7. The number of ether oxygens (including phenoxy) is 1. The van der Waals surface area contributed by atoms with Crippen molar-refractivity contribution < 1.29 is 14.6 Å². The number of nitrogen functional groups attached to an aromatic ring is 1. The van der Waals surface area contributed by atoms with Gasteiger partial charge in [-0.05, 0) is 29.7 Å². The van der Waals surface area contributed by atoms with Gasteiger partial charge < -0.3 is 26.2 Å². The van der Waals surface area contributed by atoms with Crippen LogP contribution in [-0.4, -0.2) is 40.2 Å². The Labute approximate surface area is 163 Å². The van der Waals surface area contributed by atoms with Gasteiger partial charge in [-0.1, -0.05) is 0 Å². The largest absolute Gasteiger partial charge is 0.472 e. The van der Waals surface area contributed by atoms with Crippen LogP contribution in [0.2, 0.25) is 0 Å². The third kappa shape index (κ3) is 3.55. The summed E-state index contributed by atoms with van der Waals surface area (Å²) in [5, 5.41) is 14.2. The lowest BCUT2D eigenvalue weighted by Gasteiger charge is -2.29. The van der Waals surface area contributed by atoms with Crippen LogP contribution in [0.15, 0.2) is 16.8 Å². The number of hydrogen-bond donors (Lipinski definition) is 3. The molecule has 10 heteroatoms. The van der Waals surface area contributed by atoms with Crippen molar-refractivity contribution in [1.29, 1.82) is 0 Å². The van der Waals surface area contributed by atoms with Crippen molar-refractivity contribution in [2.24, 2.45) is 5.73 Å². The van der Waals surface area contributed by atoms with Crippen molar-refractivity contribution in [2.75, 3.05) is 23.7 Å². The number of anilines is 2. The zero-order chi connectivity index (χ0) is 19.0. The number of fused-ring (bicyclic) bond motifs is 1. The molecule has 0 radical (unpaired) electrons. The van der Waals surface area contributed by atoms with E-state index in [1.165, 1.54) is 0 Å². The average Bonchev–Trinajstić information content (AvgIpc) is 3.28. The van der Waals surface area contributed by atoms with Crippen LogP contribution in [-0.2, 0) is 6.61 Å². The Morgan fingerprint density at radius 1 is 1.37 bits per heavy atom. The molecule has 0 saturated carbocycles. The molecule has 0 atom stereocenters. The Morgan fingerprint density at radius 3 is 2.81 bits per heavy atom. The summed E-state index contributed by atoms with van der Waals surface area (Å²) in [6.45, 7) is 1.65. The van der Waals surface area contributed by atoms with Gasteiger partial charge in [-0.25, -0.2) is 4.98 Å². The highest BCUT2D eigenvalue weighted by atomic mass is 32.1. The number of thiophene rings is 2. The molecule has 1 amide bonds. The lowest BCUT2D eigenvalue weighted by atomic mass is 10.1. The van der Waals surface area contributed by atoms with Gasteiger partial charge in [0.2, 0.25) is 11.8 Å². The van der Waals surface area contributed by atoms with E-state index in [0.717, 1.165) is 16.9 Å². The van der Waals surface area contributed by atoms with Gasteiger partial charge in [0.1, 0.15) is 16.3 Å². The maximum Gasteiger partial charge on any atom is 0.260 e. The Morgan fingerprint density at radius 2 is 2.15 bits per heavy atom. The van der Waals surface area contributed by atoms with Gasteiger partial charge in [0.15, 0.2) is 0 Å². The third-order valence-electron chi connectivity index (χ3n) is 4.47. The Balaban J connectivity index is 1.75. The first-order valence-electron chi connectivity index (χ1n) is 8.49. The number of carbonyl (C=O) groups excluding carboxylic acids is 1. The van der Waals surface area contributed by atoms with Crippen molar-refractivity contribution in [3.05, 3.63) is 27.3 Å². The minimum Gasteiger partial charge on any atom is -0.472 e. The van der Waals surface area contributed by atoms with Crippen LogP contribution in [0.5, 0.6) is 5.88 Å². The number of aromatic nitrogens is 2. The van der Waals surface area contributed by atoms with Crippen molar-refractivity contribution in [2.45, 2.75) is 25.6 Å². The number of hydrogen-bond acceptors (Lipinski definition) is 9. The molecule has 4 rings (SSSR count). The topological polar surface area (TPSA) is 128 Å². The zero-order valence-electron chi connectivity index (χ0n) is 14.4. The summed E-state index contributed by atoms with van der Waals surface area (Å²) in [6.07, 6.45) is 1.02. The monoisotopic (exact) mass is 405 g/mol. The Bertz CT molecular complexity index is 965. The van der Waals surface area contributed by atoms with E-state index in [2.05, 4.69) is 9.97 Å². The number of amides is 1. The summed E-state index contributed by atoms with van der Waals surface area (Å²) >= 11 is 2.73. The molecule has 0 unspecified atom stereocenters. The molecule has 3 aromatic rings. The molecule has 1 fully saturated rings. The predicted molar refractivity (Wildman–Crippen MR) is 106 cm³/mol. The molecule has 5 N–H and O–H groups in total. The fraction of sp³-hybridized carbons (Fsp3) is 0.353. The minimum atomic E-state index is -0.595. The number of aliphatic hydroxyl groups excluding tert-OH is 1. The highest BCUT2D eigenvalue weighted by Crippen LogP contribution is 2.39. The lowest BCUT2D eigenvalue weighted by molar-refractivity contribution is 0.100. The molecule has 0 aliphatic carbocycles. The summed E-state index contributed by atoms with van der Waals surface area (Å²) in [5.74, 6) is 0.252. The zero-order valence-corrected chi connectivity index (χ0v) is 16.1. The van der Waals surface area contributed by atoms with Crippen molar-refractivity contribution in [1.82, 2.24) is 9.97 Å². The first-order chi connectivity index (χ1) is 13.0. The number of nitrogens with two attached hydrogens (primary N) is 2. The molecule has 3 aromatic heterocycles. The van der Waals surface area contributed by atoms with Crippen LogP contribution in [0.1, 0.15) is 28.1 Å². The summed E-state index contributed by atoms with van der Waals surface area (Å²) in [5.41, 5.74) is 12.9. The van der Waals surface area contributed by atoms with E-state index in [0.29, 0.717) is 54.6 Å².